The maximum atomic E-state index is 5.35. The van der Waals surface area contributed by atoms with E-state index >= 15 is 0 Å². The standard InChI is InChI=1S/C10H20N2O3Si/c1-11-7-8-12(10-11)6-5-9-16(13-2,14-3)15-4/h7-8H,5-6,9H2,1-4H3. The van der Waals surface area contributed by atoms with Crippen molar-refractivity contribution in [1.29, 1.82) is 0 Å². The molecule has 0 amide bonds. The Balaban J connectivity index is 2.26. The van der Waals surface area contributed by atoms with Crippen molar-refractivity contribution in [3.63, 3.8) is 0 Å². The lowest BCUT2D eigenvalue weighted by molar-refractivity contribution is 0.122. The summed E-state index contributed by atoms with van der Waals surface area (Å²) in [5.41, 5.74) is 0. The Labute approximate surface area is 98.9 Å². The van der Waals surface area contributed by atoms with Crippen LogP contribution in [0.1, 0.15) is 6.42 Å². The topological polar surface area (TPSA) is 34.2 Å². The van der Waals surface area contributed by atoms with E-state index in [4.69, 9.17) is 13.3 Å². The lowest BCUT2D eigenvalue weighted by atomic mass is 10.4. The SMILES string of the molecule is CO[Si](CCCN1[C]N(C)C=C1)(OC)OC. The van der Waals surface area contributed by atoms with Gasteiger partial charge in [-0.15, -0.1) is 0 Å². The highest BCUT2D eigenvalue weighted by molar-refractivity contribution is 6.60. The number of hydrogen-bond donors (Lipinski definition) is 0. The fourth-order valence-corrected chi connectivity index (χ4v) is 3.30. The van der Waals surface area contributed by atoms with E-state index in [1.165, 1.54) is 0 Å². The normalized spacial score (nSPS) is 16.2. The summed E-state index contributed by atoms with van der Waals surface area (Å²) in [4.78, 5) is 3.91. The summed E-state index contributed by atoms with van der Waals surface area (Å²) in [6, 6.07) is 0.812. The average molecular weight is 244 g/mol. The van der Waals surface area contributed by atoms with Gasteiger partial charge in [0.15, 0.2) is 0 Å². The average Bonchev–Trinajstić information content (AvgIpc) is 2.71. The molecule has 5 nitrogen and oxygen atoms in total. The third-order valence-corrected chi connectivity index (χ3v) is 5.40. The van der Waals surface area contributed by atoms with Crippen molar-refractivity contribution in [3.8, 4) is 0 Å². The molecule has 0 fully saturated rings. The Morgan fingerprint density at radius 2 is 1.75 bits per heavy atom. The molecule has 0 aliphatic carbocycles. The van der Waals surface area contributed by atoms with E-state index in [9.17, 15) is 0 Å². The number of rotatable bonds is 7. The van der Waals surface area contributed by atoms with Crippen molar-refractivity contribution < 1.29 is 13.3 Å². The molecule has 1 aliphatic heterocycles. The summed E-state index contributed by atoms with van der Waals surface area (Å²) in [5, 5.41) is 0. The van der Waals surface area contributed by atoms with Crippen LogP contribution in [0.4, 0.5) is 0 Å². The molecule has 0 bridgehead atoms. The molecular weight excluding hydrogens is 224 g/mol. The molecular formula is C10H20N2O3Si. The van der Waals surface area contributed by atoms with Crippen LogP contribution in [-0.2, 0) is 13.3 Å². The fourth-order valence-electron chi connectivity index (χ4n) is 1.60. The van der Waals surface area contributed by atoms with Gasteiger partial charge in [-0.3, -0.25) is 0 Å². The zero-order valence-corrected chi connectivity index (χ0v) is 11.4. The summed E-state index contributed by atoms with van der Waals surface area (Å²) < 4.78 is 16.0. The summed E-state index contributed by atoms with van der Waals surface area (Å²) in [6.45, 7) is 4.04. The molecule has 16 heavy (non-hydrogen) atoms. The second-order valence-corrected chi connectivity index (χ2v) is 6.69. The molecule has 0 aromatic heterocycles. The zero-order valence-electron chi connectivity index (χ0n) is 10.4. The van der Waals surface area contributed by atoms with Crippen molar-refractivity contribution in [2.24, 2.45) is 0 Å². The van der Waals surface area contributed by atoms with Gasteiger partial charge in [-0.05, 0) is 6.42 Å². The zero-order chi connectivity index (χ0) is 12.0. The van der Waals surface area contributed by atoms with E-state index in [0.29, 0.717) is 0 Å². The van der Waals surface area contributed by atoms with E-state index in [-0.39, 0.29) is 0 Å². The van der Waals surface area contributed by atoms with Crippen molar-refractivity contribution in [2.45, 2.75) is 12.5 Å². The minimum atomic E-state index is -2.40. The van der Waals surface area contributed by atoms with Crippen LogP contribution in [0.15, 0.2) is 12.4 Å². The molecule has 0 unspecified atom stereocenters. The molecule has 0 saturated carbocycles. The van der Waals surface area contributed by atoms with Crippen molar-refractivity contribution in [2.75, 3.05) is 34.9 Å². The van der Waals surface area contributed by atoms with E-state index in [0.717, 1.165) is 19.0 Å². The predicted molar refractivity (Wildman–Crippen MR) is 63.1 cm³/mol. The highest BCUT2D eigenvalue weighted by Gasteiger charge is 2.37. The van der Waals surface area contributed by atoms with E-state index in [2.05, 4.69) is 6.67 Å². The van der Waals surface area contributed by atoms with Crippen LogP contribution in [0.2, 0.25) is 6.04 Å². The molecule has 92 valence electrons. The number of hydrogen-bond acceptors (Lipinski definition) is 5. The first-order chi connectivity index (χ1) is 7.65. The van der Waals surface area contributed by atoms with Gasteiger partial charge in [-0.2, -0.15) is 0 Å². The second kappa shape index (κ2) is 6.24. The second-order valence-electron chi connectivity index (χ2n) is 3.60. The minimum Gasteiger partial charge on any atom is -0.377 e. The molecule has 0 saturated heterocycles. The molecule has 0 atom stereocenters. The van der Waals surface area contributed by atoms with Crippen molar-refractivity contribution >= 4 is 8.80 Å². The molecule has 0 N–H and O–H groups in total. The first kappa shape index (κ1) is 13.5. The molecule has 6 heteroatoms. The summed E-state index contributed by atoms with van der Waals surface area (Å²) in [5.74, 6) is 0. The number of nitrogens with zero attached hydrogens (tertiary/aromatic N) is 2. The Kier molecular flexibility index (Phi) is 5.27. The van der Waals surface area contributed by atoms with E-state index < -0.39 is 8.80 Å². The largest absolute Gasteiger partial charge is 0.500 e. The Bertz CT molecular complexity index is 226. The van der Waals surface area contributed by atoms with Gasteiger partial charge in [0.05, 0.1) is 0 Å². The summed E-state index contributed by atoms with van der Waals surface area (Å²) in [6.07, 6.45) is 4.91. The first-order valence-corrected chi connectivity index (χ1v) is 7.18. The highest BCUT2D eigenvalue weighted by atomic mass is 28.4. The fraction of sp³-hybridized carbons (Fsp3) is 0.700. The molecule has 0 aromatic carbocycles. The van der Waals surface area contributed by atoms with Crippen molar-refractivity contribution in [3.05, 3.63) is 19.1 Å². The highest BCUT2D eigenvalue weighted by Crippen LogP contribution is 2.17. The van der Waals surface area contributed by atoms with Gasteiger partial charge >= 0.3 is 8.80 Å². The minimum absolute atomic E-state index is 0.812. The smallest absolute Gasteiger partial charge is 0.377 e. The molecule has 2 radical (unpaired) electrons. The predicted octanol–water partition coefficient (Wildman–Crippen LogP) is 0.969. The van der Waals surface area contributed by atoms with Gasteiger partial charge in [-0.1, -0.05) is 0 Å². The molecule has 0 spiro atoms. The van der Waals surface area contributed by atoms with Crippen molar-refractivity contribution in [1.82, 2.24) is 9.80 Å². The third-order valence-electron chi connectivity index (χ3n) is 2.57. The summed E-state index contributed by atoms with van der Waals surface area (Å²) >= 11 is 0. The van der Waals surface area contributed by atoms with Gasteiger partial charge < -0.3 is 23.1 Å². The van der Waals surface area contributed by atoms with Crippen LogP contribution in [0.25, 0.3) is 0 Å². The van der Waals surface area contributed by atoms with Crippen LogP contribution in [0, 0.1) is 6.67 Å². The quantitative estimate of drug-likeness (QED) is 0.623. The molecule has 0 aromatic rings. The lowest BCUT2D eigenvalue weighted by Crippen LogP contribution is -2.43. The van der Waals surface area contributed by atoms with Crippen LogP contribution in [0.5, 0.6) is 0 Å². The molecule has 1 heterocycles. The lowest BCUT2D eigenvalue weighted by Gasteiger charge is -2.25. The van der Waals surface area contributed by atoms with Crippen LogP contribution in [0.3, 0.4) is 0 Å². The molecule has 1 rings (SSSR count). The van der Waals surface area contributed by atoms with Crippen LogP contribution >= 0.6 is 0 Å². The monoisotopic (exact) mass is 244 g/mol. The molecule has 1 aliphatic rings. The Morgan fingerprint density at radius 3 is 2.19 bits per heavy atom. The van der Waals surface area contributed by atoms with E-state index in [1.807, 2.05) is 29.2 Å². The maximum absolute atomic E-state index is 5.35. The van der Waals surface area contributed by atoms with Gasteiger partial charge in [0.2, 0.25) is 6.67 Å². The van der Waals surface area contributed by atoms with Crippen LogP contribution in [-0.4, -0.2) is 53.5 Å². The van der Waals surface area contributed by atoms with Gasteiger partial charge in [0.1, 0.15) is 0 Å². The summed E-state index contributed by atoms with van der Waals surface area (Å²) in [7, 11) is 4.47. The van der Waals surface area contributed by atoms with E-state index in [1.54, 1.807) is 21.3 Å². The first-order valence-electron chi connectivity index (χ1n) is 5.25. The maximum Gasteiger partial charge on any atom is 0.500 e. The van der Waals surface area contributed by atoms with Gasteiger partial charge in [-0.25, -0.2) is 0 Å². The Hall–Kier alpha value is -0.563. The van der Waals surface area contributed by atoms with Gasteiger partial charge in [0, 0.05) is 53.4 Å². The van der Waals surface area contributed by atoms with Gasteiger partial charge in [0.25, 0.3) is 0 Å². The Morgan fingerprint density at radius 1 is 1.12 bits per heavy atom. The third kappa shape index (κ3) is 3.48. The van der Waals surface area contributed by atoms with Crippen LogP contribution < -0.4 is 0 Å².